The smallest absolute Gasteiger partial charge is 0.159 e. The summed E-state index contributed by atoms with van der Waals surface area (Å²) in [7, 11) is 0. The van der Waals surface area contributed by atoms with Crippen LogP contribution in [-0.4, -0.2) is 15.1 Å². The molecule has 0 spiro atoms. The second kappa shape index (κ2) is 6.20. The Morgan fingerprint density at radius 2 is 1.28 bits per heavy atom. The fourth-order valence-electron chi connectivity index (χ4n) is 2.27. The highest BCUT2D eigenvalue weighted by molar-refractivity contribution is 5.70. The van der Waals surface area contributed by atoms with Gasteiger partial charge in [-0.1, -0.05) is 0 Å². The van der Waals surface area contributed by atoms with Gasteiger partial charge >= 0.3 is 0 Å². The summed E-state index contributed by atoms with van der Waals surface area (Å²) in [5, 5.41) is 17.8. The van der Waals surface area contributed by atoms with Crippen LogP contribution in [0.25, 0.3) is 22.5 Å². The molecule has 0 unspecified atom stereocenters. The van der Waals surface area contributed by atoms with E-state index in [4.69, 9.17) is 10.4 Å². The molecule has 0 saturated heterocycles. The highest BCUT2D eigenvalue weighted by Crippen LogP contribution is 2.32. The Balaban J connectivity index is 2.13. The fourth-order valence-corrected chi connectivity index (χ4v) is 2.27. The van der Waals surface area contributed by atoms with Gasteiger partial charge in [-0.05, 0) is 29.8 Å². The van der Waals surface area contributed by atoms with Crippen molar-refractivity contribution in [2.24, 2.45) is 0 Å². The molecule has 0 amide bonds. The van der Waals surface area contributed by atoms with Crippen molar-refractivity contribution >= 4 is 0 Å². The van der Waals surface area contributed by atoms with Crippen LogP contribution in [0.4, 0.5) is 17.6 Å². The molecular weight excluding hydrogens is 338 g/mol. The molecule has 0 aliphatic rings. The Hall–Kier alpha value is -3.47. The summed E-state index contributed by atoms with van der Waals surface area (Å²) in [6.07, 6.45) is 2.11. The van der Waals surface area contributed by atoms with Gasteiger partial charge in [-0.2, -0.15) is 5.26 Å². The number of hydrogen-bond donors (Lipinski definition) is 1. The van der Waals surface area contributed by atoms with E-state index in [1.807, 2.05) is 0 Å². The van der Waals surface area contributed by atoms with Crippen molar-refractivity contribution in [3.05, 3.63) is 65.5 Å². The zero-order valence-corrected chi connectivity index (χ0v) is 12.3. The summed E-state index contributed by atoms with van der Waals surface area (Å²) in [5.41, 5.74) is -1.89. The third-order valence-electron chi connectivity index (χ3n) is 3.38. The number of nitrogens with zero attached hydrogens (tertiary/aromatic N) is 3. The minimum absolute atomic E-state index is 0.0201. The van der Waals surface area contributed by atoms with Crippen LogP contribution in [0.5, 0.6) is 5.75 Å². The maximum atomic E-state index is 14.4. The van der Waals surface area contributed by atoms with Crippen LogP contribution < -0.4 is 0 Å². The van der Waals surface area contributed by atoms with Gasteiger partial charge in [0.15, 0.2) is 11.6 Å². The molecule has 0 fully saturated rings. The van der Waals surface area contributed by atoms with Crippen LogP contribution in [0.2, 0.25) is 0 Å². The first-order valence-electron chi connectivity index (χ1n) is 6.80. The number of aromatic hydroxyl groups is 1. The van der Waals surface area contributed by atoms with Gasteiger partial charge in [0, 0.05) is 5.56 Å². The monoisotopic (exact) mass is 345 g/mol. The molecule has 0 aliphatic carbocycles. The fraction of sp³-hybridized carbons (Fsp3) is 0. The zero-order valence-electron chi connectivity index (χ0n) is 12.3. The summed E-state index contributed by atoms with van der Waals surface area (Å²) < 4.78 is 56.1. The normalized spacial score (nSPS) is 10.5. The van der Waals surface area contributed by atoms with Crippen LogP contribution in [0.15, 0.2) is 36.7 Å². The third-order valence-corrected chi connectivity index (χ3v) is 3.38. The Morgan fingerprint density at radius 1 is 0.800 bits per heavy atom. The average molecular weight is 345 g/mol. The molecule has 1 heterocycles. The number of nitriles is 1. The van der Waals surface area contributed by atoms with Crippen molar-refractivity contribution in [1.29, 1.82) is 5.26 Å². The molecule has 4 nitrogen and oxygen atoms in total. The van der Waals surface area contributed by atoms with Gasteiger partial charge in [-0.3, -0.25) is 0 Å². The topological polar surface area (TPSA) is 69.8 Å². The molecule has 0 atom stereocenters. The van der Waals surface area contributed by atoms with Crippen LogP contribution in [0, 0.1) is 34.6 Å². The highest BCUT2D eigenvalue weighted by Gasteiger charge is 2.19. The molecule has 0 saturated carbocycles. The number of aromatic nitrogens is 2. The summed E-state index contributed by atoms with van der Waals surface area (Å²) in [6.45, 7) is 0. The average Bonchev–Trinajstić information content (AvgIpc) is 2.54. The number of hydrogen-bond acceptors (Lipinski definition) is 4. The van der Waals surface area contributed by atoms with Gasteiger partial charge in [0.2, 0.25) is 0 Å². The van der Waals surface area contributed by atoms with Crippen molar-refractivity contribution in [3.63, 3.8) is 0 Å². The highest BCUT2D eigenvalue weighted by atomic mass is 19.1. The minimum atomic E-state index is -1.22. The number of benzene rings is 2. The van der Waals surface area contributed by atoms with Gasteiger partial charge in [-0.25, -0.2) is 27.5 Å². The maximum Gasteiger partial charge on any atom is 0.159 e. The van der Waals surface area contributed by atoms with Crippen molar-refractivity contribution in [1.82, 2.24) is 9.97 Å². The molecule has 124 valence electrons. The molecule has 3 aromatic rings. The Kier molecular flexibility index (Phi) is 4.07. The standard InChI is InChI=1S/C17H7F4N3O/c18-12-1-8(2-13(19)11(12)5-22)16-14(20)3-9(4-15(16)21)17-23-6-10(25)7-24-17/h1-4,6-7,25H. The van der Waals surface area contributed by atoms with E-state index < -0.39 is 34.4 Å². The van der Waals surface area contributed by atoms with Crippen LogP contribution in [0.1, 0.15) is 5.56 Å². The molecule has 25 heavy (non-hydrogen) atoms. The van der Waals surface area contributed by atoms with Crippen molar-refractivity contribution in [2.45, 2.75) is 0 Å². The lowest BCUT2D eigenvalue weighted by Crippen LogP contribution is -1.97. The summed E-state index contributed by atoms with van der Waals surface area (Å²) >= 11 is 0. The first-order chi connectivity index (χ1) is 11.9. The lowest BCUT2D eigenvalue weighted by Gasteiger charge is -2.09. The molecule has 1 aromatic heterocycles. The third kappa shape index (κ3) is 2.99. The van der Waals surface area contributed by atoms with E-state index in [1.165, 1.54) is 6.07 Å². The molecule has 8 heteroatoms. The van der Waals surface area contributed by atoms with Crippen molar-refractivity contribution in [2.75, 3.05) is 0 Å². The molecule has 3 rings (SSSR count). The van der Waals surface area contributed by atoms with E-state index in [9.17, 15) is 17.6 Å². The molecule has 2 aromatic carbocycles. The Labute approximate surface area is 138 Å². The van der Waals surface area contributed by atoms with Gasteiger partial charge in [-0.15, -0.1) is 0 Å². The van der Waals surface area contributed by atoms with Crippen molar-refractivity contribution in [3.8, 4) is 34.3 Å². The molecule has 0 radical (unpaired) electrons. The number of halogens is 4. The lowest BCUT2D eigenvalue weighted by atomic mass is 10.00. The molecule has 1 N–H and O–H groups in total. The van der Waals surface area contributed by atoms with E-state index in [0.29, 0.717) is 12.1 Å². The largest absolute Gasteiger partial charge is 0.505 e. The predicted octanol–water partition coefficient (Wildman–Crippen LogP) is 3.94. The summed E-state index contributed by atoms with van der Waals surface area (Å²) in [5.74, 6) is -4.88. The lowest BCUT2D eigenvalue weighted by molar-refractivity contribution is 0.470. The summed E-state index contributed by atoms with van der Waals surface area (Å²) in [6, 6.07) is 4.50. The van der Waals surface area contributed by atoms with Crippen LogP contribution in [-0.2, 0) is 0 Å². The van der Waals surface area contributed by atoms with E-state index in [-0.39, 0.29) is 22.7 Å². The van der Waals surface area contributed by atoms with Crippen LogP contribution in [0.3, 0.4) is 0 Å². The van der Waals surface area contributed by atoms with Gasteiger partial charge in [0.05, 0.1) is 18.0 Å². The molecule has 0 bridgehead atoms. The zero-order chi connectivity index (χ0) is 18.1. The van der Waals surface area contributed by atoms with Crippen LogP contribution >= 0.6 is 0 Å². The first kappa shape index (κ1) is 16.4. The Morgan fingerprint density at radius 3 is 1.76 bits per heavy atom. The maximum absolute atomic E-state index is 14.4. The Bertz CT molecular complexity index is 967. The van der Waals surface area contributed by atoms with E-state index >= 15 is 0 Å². The van der Waals surface area contributed by atoms with E-state index in [0.717, 1.165) is 24.5 Å². The second-order valence-electron chi connectivity index (χ2n) is 5.01. The van der Waals surface area contributed by atoms with E-state index in [1.54, 1.807) is 0 Å². The number of rotatable bonds is 2. The second-order valence-corrected chi connectivity index (χ2v) is 5.01. The van der Waals surface area contributed by atoms with Gasteiger partial charge in [0.25, 0.3) is 0 Å². The first-order valence-corrected chi connectivity index (χ1v) is 6.80. The van der Waals surface area contributed by atoms with E-state index in [2.05, 4.69) is 9.97 Å². The quantitative estimate of drug-likeness (QED) is 0.714. The minimum Gasteiger partial charge on any atom is -0.505 e. The van der Waals surface area contributed by atoms with Gasteiger partial charge in [0.1, 0.15) is 34.9 Å². The predicted molar refractivity (Wildman–Crippen MR) is 79.1 cm³/mol. The molecular formula is C17H7F4N3O. The SMILES string of the molecule is N#Cc1c(F)cc(-c2c(F)cc(-c3ncc(O)cn3)cc2F)cc1F. The molecule has 0 aliphatic heterocycles. The summed E-state index contributed by atoms with van der Waals surface area (Å²) in [4.78, 5) is 7.47. The van der Waals surface area contributed by atoms with Gasteiger partial charge < -0.3 is 5.11 Å². The van der Waals surface area contributed by atoms with Crippen molar-refractivity contribution < 1.29 is 22.7 Å².